The Labute approximate surface area is 131 Å². The van der Waals surface area contributed by atoms with Crippen LogP contribution in [0.15, 0.2) is 28.9 Å². The third-order valence-corrected chi connectivity index (χ3v) is 3.68. The van der Waals surface area contributed by atoms with Gasteiger partial charge in [-0.05, 0) is 39.7 Å². The standard InChI is InChI=1S/C14H13BrClN3O/c1-19-8-9(3-11(19)6-17)7-18-13-5-10(16)4-12(15)14(13)20-2/h3-5,8,18H,7H2,1-2H3. The van der Waals surface area contributed by atoms with E-state index in [9.17, 15) is 0 Å². The smallest absolute Gasteiger partial charge is 0.156 e. The molecule has 2 aromatic rings. The molecule has 4 nitrogen and oxygen atoms in total. The van der Waals surface area contributed by atoms with Crippen LogP contribution in [0.1, 0.15) is 11.3 Å². The number of benzene rings is 1. The highest BCUT2D eigenvalue weighted by Gasteiger charge is 2.10. The molecule has 0 atom stereocenters. The summed E-state index contributed by atoms with van der Waals surface area (Å²) in [4.78, 5) is 0. The maximum Gasteiger partial charge on any atom is 0.156 e. The Hall–Kier alpha value is -1.64. The lowest BCUT2D eigenvalue weighted by atomic mass is 10.2. The fourth-order valence-corrected chi connectivity index (χ4v) is 2.91. The molecule has 0 unspecified atom stereocenters. The Bertz CT molecular complexity index is 676. The summed E-state index contributed by atoms with van der Waals surface area (Å²) >= 11 is 9.45. The van der Waals surface area contributed by atoms with Crippen LogP contribution in [0.5, 0.6) is 5.75 Å². The minimum absolute atomic E-state index is 0.582. The van der Waals surface area contributed by atoms with E-state index in [4.69, 9.17) is 21.6 Å². The second-order valence-corrected chi connectivity index (χ2v) is 5.57. The first-order chi connectivity index (χ1) is 9.55. The van der Waals surface area contributed by atoms with Crippen LogP contribution >= 0.6 is 27.5 Å². The van der Waals surface area contributed by atoms with Gasteiger partial charge in [-0.15, -0.1) is 0 Å². The van der Waals surface area contributed by atoms with E-state index < -0.39 is 0 Å². The summed E-state index contributed by atoms with van der Waals surface area (Å²) in [5.41, 5.74) is 2.44. The molecule has 0 aliphatic rings. The largest absolute Gasteiger partial charge is 0.493 e. The SMILES string of the molecule is COc1c(Br)cc(Cl)cc1NCc1cc(C#N)n(C)c1. The Balaban J connectivity index is 2.20. The fraction of sp³-hybridized carbons (Fsp3) is 0.214. The Morgan fingerprint density at radius 3 is 2.80 bits per heavy atom. The molecule has 0 saturated heterocycles. The minimum atomic E-state index is 0.582. The van der Waals surface area contributed by atoms with Gasteiger partial charge in [-0.2, -0.15) is 5.26 Å². The summed E-state index contributed by atoms with van der Waals surface area (Å²) in [6.07, 6.45) is 1.91. The van der Waals surface area contributed by atoms with E-state index in [1.165, 1.54) is 0 Å². The van der Waals surface area contributed by atoms with Gasteiger partial charge in [0.25, 0.3) is 0 Å². The van der Waals surface area contributed by atoms with Crippen molar-refractivity contribution in [1.29, 1.82) is 5.26 Å². The number of aromatic nitrogens is 1. The zero-order valence-corrected chi connectivity index (χ0v) is 13.4. The normalized spacial score (nSPS) is 10.2. The summed E-state index contributed by atoms with van der Waals surface area (Å²) in [7, 11) is 3.45. The van der Waals surface area contributed by atoms with Crippen molar-refractivity contribution in [2.75, 3.05) is 12.4 Å². The highest BCUT2D eigenvalue weighted by atomic mass is 79.9. The van der Waals surface area contributed by atoms with Crippen LogP contribution in [-0.2, 0) is 13.6 Å². The topological polar surface area (TPSA) is 50.0 Å². The Morgan fingerprint density at radius 2 is 2.20 bits per heavy atom. The van der Waals surface area contributed by atoms with Crippen molar-refractivity contribution in [2.24, 2.45) is 7.05 Å². The van der Waals surface area contributed by atoms with Gasteiger partial charge in [0.1, 0.15) is 11.8 Å². The lowest BCUT2D eigenvalue weighted by Crippen LogP contribution is -2.01. The molecule has 6 heteroatoms. The summed E-state index contributed by atoms with van der Waals surface area (Å²) in [5, 5.41) is 12.8. The number of nitrogens with zero attached hydrogens (tertiary/aromatic N) is 2. The number of nitriles is 1. The summed E-state index contributed by atoms with van der Waals surface area (Å²) in [6.45, 7) is 0.582. The van der Waals surface area contributed by atoms with Gasteiger partial charge in [0, 0.05) is 24.8 Å². The van der Waals surface area contributed by atoms with Crippen LogP contribution in [0.2, 0.25) is 5.02 Å². The van der Waals surface area contributed by atoms with Gasteiger partial charge in [0.15, 0.2) is 5.75 Å². The van der Waals surface area contributed by atoms with Crippen LogP contribution < -0.4 is 10.1 Å². The molecule has 0 fully saturated rings. The quantitative estimate of drug-likeness (QED) is 0.905. The second-order valence-electron chi connectivity index (χ2n) is 4.28. The first-order valence-corrected chi connectivity index (χ1v) is 7.04. The number of nitrogens with one attached hydrogen (secondary N) is 1. The summed E-state index contributed by atoms with van der Waals surface area (Å²) in [5.74, 6) is 0.700. The van der Waals surface area contributed by atoms with Crippen molar-refractivity contribution < 1.29 is 4.74 Å². The monoisotopic (exact) mass is 353 g/mol. The zero-order chi connectivity index (χ0) is 14.7. The van der Waals surface area contributed by atoms with Crippen LogP contribution in [0, 0.1) is 11.3 Å². The highest BCUT2D eigenvalue weighted by Crippen LogP contribution is 2.36. The number of hydrogen-bond donors (Lipinski definition) is 1. The molecule has 0 aliphatic heterocycles. The molecule has 1 heterocycles. The average Bonchev–Trinajstić information content (AvgIpc) is 2.76. The van der Waals surface area contributed by atoms with Crippen molar-refractivity contribution in [3.05, 3.63) is 45.1 Å². The molecule has 104 valence electrons. The van der Waals surface area contributed by atoms with Gasteiger partial charge in [0.05, 0.1) is 17.3 Å². The summed E-state index contributed by atoms with van der Waals surface area (Å²) < 4.78 is 7.93. The molecule has 0 bridgehead atoms. The number of ether oxygens (including phenoxy) is 1. The van der Waals surface area contributed by atoms with Gasteiger partial charge in [-0.1, -0.05) is 11.6 Å². The molecule has 2 rings (SSSR count). The number of halogens is 2. The lowest BCUT2D eigenvalue weighted by Gasteiger charge is -2.12. The van der Waals surface area contributed by atoms with E-state index in [1.807, 2.05) is 19.3 Å². The van der Waals surface area contributed by atoms with Crippen molar-refractivity contribution in [3.63, 3.8) is 0 Å². The predicted molar refractivity (Wildman–Crippen MR) is 83.2 cm³/mol. The van der Waals surface area contributed by atoms with Gasteiger partial charge < -0.3 is 14.6 Å². The molecule has 1 aromatic heterocycles. The Kier molecular flexibility index (Phi) is 4.58. The number of hydrogen-bond acceptors (Lipinski definition) is 3. The molecule has 0 aliphatic carbocycles. The molecule has 0 saturated carbocycles. The first-order valence-electron chi connectivity index (χ1n) is 5.87. The van der Waals surface area contributed by atoms with Crippen LogP contribution in [0.3, 0.4) is 0 Å². The van der Waals surface area contributed by atoms with Crippen molar-refractivity contribution in [1.82, 2.24) is 4.57 Å². The molecule has 20 heavy (non-hydrogen) atoms. The van der Waals surface area contributed by atoms with Crippen LogP contribution in [0.4, 0.5) is 5.69 Å². The van der Waals surface area contributed by atoms with Gasteiger partial charge in [-0.25, -0.2) is 0 Å². The molecule has 1 aromatic carbocycles. The third-order valence-electron chi connectivity index (χ3n) is 2.87. The van der Waals surface area contributed by atoms with E-state index in [-0.39, 0.29) is 0 Å². The molecule has 1 N–H and O–H groups in total. The first kappa shape index (κ1) is 14.8. The van der Waals surface area contributed by atoms with E-state index >= 15 is 0 Å². The third kappa shape index (κ3) is 3.09. The van der Waals surface area contributed by atoms with E-state index in [1.54, 1.807) is 23.8 Å². The zero-order valence-electron chi connectivity index (χ0n) is 11.1. The summed E-state index contributed by atoms with van der Waals surface area (Å²) in [6, 6.07) is 7.57. The number of anilines is 1. The molecule has 0 amide bonds. The molecule has 0 radical (unpaired) electrons. The van der Waals surface area contributed by atoms with Crippen molar-refractivity contribution in [2.45, 2.75) is 6.54 Å². The average molecular weight is 355 g/mol. The maximum absolute atomic E-state index is 8.94. The van der Waals surface area contributed by atoms with Gasteiger partial charge in [-0.3, -0.25) is 0 Å². The van der Waals surface area contributed by atoms with Crippen molar-refractivity contribution >= 4 is 33.2 Å². The number of rotatable bonds is 4. The molecular formula is C14H13BrClN3O. The number of methoxy groups -OCH3 is 1. The van der Waals surface area contributed by atoms with Crippen LogP contribution in [-0.4, -0.2) is 11.7 Å². The van der Waals surface area contributed by atoms with E-state index in [0.29, 0.717) is 23.0 Å². The fourth-order valence-electron chi connectivity index (χ4n) is 1.94. The second kappa shape index (κ2) is 6.21. The van der Waals surface area contributed by atoms with Crippen molar-refractivity contribution in [3.8, 4) is 11.8 Å². The minimum Gasteiger partial charge on any atom is -0.493 e. The maximum atomic E-state index is 8.94. The van der Waals surface area contributed by atoms with E-state index in [0.717, 1.165) is 15.7 Å². The molecule has 0 spiro atoms. The molecular weight excluding hydrogens is 342 g/mol. The Morgan fingerprint density at radius 1 is 1.45 bits per heavy atom. The van der Waals surface area contributed by atoms with Gasteiger partial charge >= 0.3 is 0 Å². The van der Waals surface area contributed by atoms with E-state index in [2.05, 4.69) is 27.3 Å². The van der Waals surface area contributed by atoms with Gasteiger partial charge in [0.2, 0.25) is 0 Å². The lowest BCUT2D eigenvalue weighted by molar-refractivity contribution is 0.414. The predicted octanol–water partition coefficient (Wildman–Crippen LogP) is 3.93. The van der Waals surface area contributed by atoms with Crippen LogP contribution in [0.25, 0.3) is 0 Å². The highest BCUT2D eigenvalue weighted by molar-refractivity contribution is 9.10. The number of aryl methyl sites for hydroxylation is 1.